The Morgan fingerprint density at radius 2 is 1.67 bits per heavy atom. The second-order valence-corrected chi connectivity index (χ2v) is 8.06. The standard InChI is InChI=1S/C24H34N4O.HI/c1-4-25-23(27-19-24(2,3)21-8-6-5-7-9-21)26-18-20-10-12-22(13-11-20)28-14-16-29-17-15-28;/h5-13H,4,14-19H2,1-3H3,(H2,25,26,27);1H. The van der Waals surface area contributed by atoms with Crippen molar-refractivity contribution in [1.82, 2.24) is 10.6 Å². The van der Waals surface area contributed by atoms with Crippen LogP contribution < -0.4 is 15.5 Å². The van der Waals surface area contributed by atoms with E-state index in [1.54, 1.807) is 0 Å². The third-order valence-corrected chi connectivity index (χ3v) is 5.33. The van der Waals surface area contributed by atoms with E-state index < -0.39 is 0 Å². The van der Waals surface area contributed by atoms with E-state index in [-0.39, 0.29) is 29.4 Å². The second-order valence-electron chi connectivity index (χ2n) is 8.06. The number of guanidine groups is 1. The van der Waals surface area contributed by atoms with Crippen molar-refractivity contribution in [3.05, 3.63) is 65.7 Å². The van der Waals surface area contributed by atoms with E-state index in [9.17, 15) is 0 Å². The van der Waals surface area contributed by atoms with E-state index in [0.717, 1.165) is 45.4 Å². The lowest BCUT2D eigenvalue weighted by atomic mass is 9.85. The summed E-state index contributed by atoms with van der Waals surface area (Å²) in [5.41, 5.74) is 3.82. The van der Waals surface area contributed by atoms with E-state index in [0.29, 0.717) is 6.54 Å². The first-order valence-electron chi connectivity index (χ1n) is 10.6. The summed E-state index contributed by atoms with van der Waals surface area (Å²) in [4.78, 5) is 7.15. The number of benzene rings is 2. The molecule has 0 bridgehead atoms. The van der Waals surface area contributed by atoms with Gasteiger partial charge >= 0.3 is 0 Å². The SMILES string of the molecule is CCNC(=NCc1ccc(N2CCOCC2)cc1)NCC(C)(C)c1ccccc1.I. The van der Waals surface area contributed by atoms with Crippen LogP contribution in [0.5, 0.6) is 0 Å². The fourth-order valence-electron chi connectivity index (χ4n) is 3.44. The summed E-state index contributed by atoms with van der Waals surface area (Å²) in [6.07, 6.45) is 0. The van der Waals surface area contributed by atoms with Gasteiger partial charge in [0.2, 0.25) is 0 Å². The van der Waals surface area contributed by atoms with Crippen LogP contribution in [0.4, 0.5) is 5.69 Å². The number of nitrogens with one attached hydrogen (secondary N) is 2. The Bertz CT molecular complexity index is 772. The molecule has 1 aliphatic rings. The van der Waals surface area contributed by atoms with Crippen molar-refractivity contribution in [1.29, 1.82) is 0 Å². The minimum Gasteiger partial charge on any atom is -0.378 e. The Hall–Kier alpha value is -1.80. The van der Waals surface area contributed by atoms with Crippen LogP contribution in [0.25, 0.3) is 0 Å². The minimum absolute atomic E-state index is 0. The summed E-state index contributed by atoms with van der Waals surface area (Å²) in [6, 6.07) is 19.3. The molecule has 0 saturated carbocycles. The monoisotopic (exact) mass is 522 g/mol. The molecule has 2 N–H and O–H groups in total. The summed E-state index contributed by atoms with van der Waals surface area (Å²) in [7, 11) is 0. The van der Waals surface area contributed by atoms with Gasteiger partial charge in [0.1, 0.15) is 0 Å². The molecule has 164 valence electrons. The van der Waals surface area contributed by atoms with Gasteiger partial charge in [0, 0.05) is 37.3 Å². The number of rotatable bonds is 7. The third kappa shape index (κ3) is 7.16. The average molecular weight is 522 g/mol. The van der Waals surface area contributed by atoms with Crippen LogP contribution in [-0.2, 0) is 16.7 Å². The first-order valence-corrected chi connectivity index (χ1v) is 10.6. The Morgan fingerprint density at radius 1 is 1.00 bits per heavy atom. The lowest BCUT2D eigenvalue weighted by Crippen LogP contribution is -2.43. The fraction of sp³-hybridized carbons (Fsp3) is 0.458. The van der Waals surface area contributed by atoms with Crippen LogP contribution in [0.1, 0.15) is 31.9 Å². The Balaban J connectivity index is 0.00000320. The molecular weight excluding hydrogens is 487 g/mol. The highest BCUT2D eigenvalue weighted by Crippen LogP contribution is 2.21. The highest BCUT2D eigenvalue weighted by atomic mass is 127. The molecule has 30 heavy (non-hydrogen) atoms. The Labute approximate surface area is 198 Å². The number of morpholine rings is 1. The molecule has 0 aliphatic carbocycles. The molecule has 0 amide bonds. The summed E-state index contributed by atoms with van der Waals surface area (Å²) >= 11 is 0. The van der Waals surface area contributed by atoms with Crippen LogP contribution in [-0.4, -0.2) is 45.4 Å². The Morgan fingerprint density at radius 3 is 2.30 bits per heavy atom. The summed E-state index contributed by atoms with van der Waals surface area (Å²) in [5.74, 6) is 0.855. The summed E-state index contributed by atoms with van der Waals surface area (Å²) in [5, 5.41) is 6.87. The lowest BCUT2D eigenvalue weighted by molar-refractivity contribution is 0.122. The van der Waals surface area contributed by atoms with E-state index in [4.69, 9.17) is 9.73 Å². The van der Waals surface area contributed by atoms with Crippen molar-refractivity contribution in [3.8, 4) is 0 Å². The van der Waals surface area contributed by atoms with Crippen LogP contribution in [0.2, 0.25) is 0 Å². The zero-order valence-corrected chi connectivity index (χ0v) is 20.7. The van der Waals surface area contributed by atoms with Crippen LogP contribution in [0.3, 0.4) is 0 Å². The van der Waals surface area contributed by atoms with Crippen molar-refractivity contribution >= 4 is 35.6 Å². The average Bonchev–Trinajstić information content (AvgIpc) is 2.77. The van der Waals surface area contributed by atoms with E-state index in [1.165, 1.54) is 16.8 Å². The predicted octanol–water partition coefficient (Wildman–Crippen LogP) is 4.17. The fourth-order valence-corrected chi connectivity index (χ4v) is 3.44. The van der Waals surface area contributed by atoms with Crippen molar-refractivity contribution in [2.75, 3.05) is 44.3 Å². The maximum Gasteiger partial charge on any atom is 0.191 e. The number of hydrogen-bond acceptors (Lipinski definition) is 3. The zero-order chi connectivity index (χ0) is 20.5. The lowest BCUT2D eigenvalue weighted by Gasteiger charge is -2.28. The molecule has 5 nitrogen and oxygen atoms in total. The first kappa shape index (κ1) is 24.5. The van der Waals surface area contributed by atoms with Crippen molar-refractivity contribution in [2.45, 2.75) is 32.7 Å². The number of nitrogens with zero attached hydrogens (tertiary/aromatic N) is 2. The van der Waals surface area contributed by atoms with Gasteiger partial charge in [-0.1, -0.05) is 56.3 Å². The smallest absolute Gasteiger partial charge is 0.191 e. The molecule has 1 fully saturated rings. The number of aliphatic imine (C=N–C) groups is 1. The molecule has 3 rings (SSSR count). The molecule has 0 radical (unpaired) electrons. The van der Waals surface area contributed by atoms with Gasteiger partial charge in [0.25, 0.3) is 0 Å². The maximum absolute atomic E-state index is 5.43. The van der Waals surface area contributed by atoms with Crippen LogP contribution in [0.15, 0.2) is 59.6 Å². The molecule has 6 heteroatoms. The van der Waals surface area contributed by atoms with Crippen LogP contribution in [0, 0.1) is 0 Å². The molecule has 0 unspecified atom stereocenters. The molecule has 0 spiro atoms. The minimum atomic E-state index is 0. The molecule has 0 atom stereocenters. The third-order valence-electron chi connectivity index (χ3n) is 5.33. The van der Waals surface area contributed by atoms with Gasteiger partial charge in [-0.15, -0.1) is 24.0 Å². The van der Waals surface area contributed by atoms with Crippen molar-refractivity contribution in [3.63, 3.8) is 0 Å². The van der Waals surface area contributed by atoms with E-state index in [2.05, 4.69) is 90.9 Å². The summed E-state index contributed by atoms with van der Waals surface area (Å²) in [6.45, 7) is 12.5. The number of ether oxygens (including phenoxy) is 1. The van der Waals surface area contributed by atoms with Crippen molar-refractivity contribution in [2.24, 2.45) is 4.99 Å². The van der Waals surface area contributed by atoms with Gasteiger partial charge in [-0.2, -0.15) is 0 Å². The first-order chi connectivity index (χ1) is 14.1. The molecule has 2 aromatic carbocycles. The Kier molecular flexibility index (Phi) is 9.91. The van der Waals surface area contributed by atoms with Gasteiger partial charge in [0.15, 0.2) is 5.96 Å². The van der Waals surface area contributed by atoms with Crippen LogP contribution >= 0.6 is 24.0 Å². The van der Waals surface area contributed by atoms with E-state index in [1.807, 2.05) is 0 Å². The number of halogens is 1. The quantitative estimate of drug-likeness (QED) is 0.326. The highest BCUT2D eigenvalue weighted by molar-refractivity contribution is 14.0. The normalized spacial score (nSPS) is 14.8. The predicted molar refractivity (Wildman–Crippen MR) is 137 cm³/mol. The molecule has 0 aromatic heterocycles. The topological polar surface area (TPSA) is 48.9 Å². The largest absolute Gasteiger partial charge is 0.378 e. The molecular formula is C24H35IN4O. The van der Waals surface area contributed by atoms with E-state index >= 15 is 0 Å². The maximum atomic E-state index is 5.43. The summed E-state index contributed by atoms with van der Waals surface area (Å²) < 4.78 is 5.43. The molecule has 1 aliphatic heterocycles. The molecule has 2 aromatic rings. The van der Waals surface area contributed by atoms with Gasteiger partial charge in [0.05, 0.1) is 19.8 Å². The highest BCUT2D eigenvalue weighted by Gasteiger charge is 2.20. The van der Waals surface area contributed by atoms with Gasteiger partial charge < -0.3 is 20.3 Å². The van der Waals surface area contributed by atoms with Gasteiger partial charge in [-0.3, -0.25) is 0 Å². The van der Waals surface area contributed by atoms with Crippen molar-refractivity contribution < 1.29 is 4.74 Å². The number of anilines is 1. The second kappa shape index (κ2) is 12.2. The zero-order valence-electron chi connectivity index (χ0n) is 18.4. The molecule has 1 saturated heterocycles. The molecule has 1 heterocycles. The number of hydrogen-bond donors (Lipinski definition) is 2. The van der Waals surface area contributed by atoms with Gasteiger partial charge in [-0.25, -0.2) is 4.99 Å². The van der Waals surface area contributed by atoms with Gasteiger partial charge in [-0.05, 0) is 30.2 Å².